The predicted octanol–water partition coefficient (Wildman–Crippen LogP) is 2.49. The lowest BCUT2D eigenvalue weighted by Gasteiger charge is -2.44. The van der Waals surface area contributed by atoms with Gasteiger partial charge in [-0.1, -0.05) is 13.8 Å². The third-order valence-corrected chi connectivity index (χ3v) is 2.61. The first-order chi connectivity index (χ1) is 5.90. The molecule has 1 aliphatic rings. The average Bonchev–Trinajstić information content (AvgIpc) is 1.79. The van der Waals surface area contributed by atoms with Crippen molar-refractivity contribution in [1.82, 2.24) is 4.90 Å². The molecule has 0 amide bonds. The van der Waals surface area contributed by atoms with Crippen LogP contribution < -0.4 is 0 Å². The van der Waals surface area contributed by atoms with Crippen molar-refractivity contribution >= 4 is 0 Å². The molecule has 0 bridgehead atoms. The average molecular weight is 185 g/mol. The lowest BCUT2D eigenvalue weighted by Crippen LogP contribution is -2.52. The Bertz CT molecular complexity index is 160. The fourth-order valence-corrected chi connectivity index (χ4v) is 1.65. The van der Waals surface area contributed by atoms with Gasteiger partial charge in [0.1, 0.15) is 0 Å². The second-order valence-electron chi connectivity index (χ2n) is 5.30. The van der Waals surface area contributed by atoms with Crippen LogP contribution in [0.5, 0.6) is 0 Å². The first-order valence-electron chi connectivity index (χ1n) is 5.28. The Morgan fingerprint density at radius 1 is 1.38 bits per heavy atom. The molecule has 13 heavy (non-hydrogen) atoms. The summed E-state index contributed by atoms with van der Waals surface area (Å²) in [6.07, 6.45) is 1.34. The molecule has 78 valence electrons. The first kappa shape index (κ1) is 11.0. The fraction of sp³-hybridized carbons (Fsp3) is 1.00. The first-order valence-corrected chi connectivity index (χ1v) is 5.28. The summed E-state index contributed by atoms with van der Waals surface area (Å²) < 4.78 is 5.74. The molecule has 0 aromatic rings. The van der Waals surface area contributed by atoms with Crippen LogP contribution in [0.3, 0.4) is 0 Å². The van der Waals surface area contributed by atoms with Crippen LogP contribution in [0.1, 0.15) is 41.0 Å². The van der Waals surface area contributed by atoms with E-state index in [2.05, 4.69) is 39.5 Å². The molecule has 1 aliphatic heterocycles. The van der Waals surface area contributed by atoms with Crippen molar-refractivity contribution in [2.75, 3.05) is 13.3 Å². The van der Waals surface area contributed by atoms with Gasteiger partial charge in [-0.25, -0.2) is 0 Å². The van der Waals surface area contributed by atoms with Crippen molar-refractivity contribution in [1.29, 1.82) is 0 Å². The van der Waals surface area contributed by atoms with Crippen molar-refractivity contribution in [3.63, 3.8) is 0 Å². The molecule has 0 N–H and O–H groups in total. The number of ether oxygens (including phenoxy) is 1. The maximum Gasteiger partial charge on any atom is 0.0999 e. The summed E-state index contributed by atoms with van der Waals surface area (Å²) in [4.78, 5) is 2.43. The van der Waals surface area contributed by atoms with E-state index in [0.717, 1.165) is 18.7 Å². The van der Waals surface area contributed by atoms with E-state index < -0.39 is 0 Å². The molecule has 2 nitrogen and oxygen atoms in total. The second-order valence-corrected chi connectivity index (χ2v) is 5.30. The Morgan fingerprint density at radius 2 is 2.00 bits per heavy atom. The van der Waals surface area contributed by atoms with Gasteiger partial charge < -0.3 is 4.74 Å². The zero-order chi connectivity index (χ0) is 10.1. The van der Waals surface area contributed by atoms with E-state index >= 15 is 0 Å². The second kappa shape index (κ2) is 3.97. The Morgan fingerprint density at radius 3 is 2.31 bits per heavy atom. The minimum Gasteiger partial charge on any atom is -0.360 e. The summed E-state index contributed by atoms with van der Waals surface area (Å²) in [7, 11) is 0. The zero-order valence-electron chi connectivity index (χ0n) is 9.63. The van der Waals surface area contributed by atoms with Crippen LogP contribution in [-0.4, -0.2) is 29.8 Å². The van der Waals surface area contributed by atoms with Crippen LogP contribution in [0.15, 0.2) is 0 Å². The highest BCUT2D eigenvalue weighted by Gasteiger charge is 2.30. The molecule has 0 unspecified atom stereocenters. The maximum atomic E-state index is 5.74. The summed E-state index contributed by atoms with van der Waals surface area (Å²) in [5.41, 5.74) is -0.00286. The third kappa shape index (κ3) is 3.28. The number of hydrogen-bond donors (Lipinski definition) is 0. The van der Waals surface area contributed by atoms with E-state index in [-0.39, 0.29) is 5.60 Å². The van der Waals surface area contributed by atoms with Gasteiger partial charge in [0.2, 0.25) is 0 Å². The van der Waals surface area contributed by atoms with Gasteiger partial charge in [0, 0.05) is 12.6 Å². The quantitative estimate of drug-likeness (QED) is 0.670. The lowest BCUT2D eigenvalue weighted by molar-refractivity contribution is -0.110. The normalized spacial score (nSPS) is 24.9. The van der Waals surface area contributed by atoms with E-state index in [1.807, 2.05) is 0 Å². The molecular weight excluding hydrogens is 162 g/mol. The van der Waals surface area contributed by atoms with E-state index in [9.17, 15) is 0 Å². The Balaban J connectivity index is 2.23. The monoisotopic (exact) mass is 185 g/mol. The topological polar surface area (TPSA) is 12.5 Å². The maximum absolute atomic E-state index is 5.74. The molecule has 1 rings (SSSR count). The molecular formula is C11H23NO. The Kier molecular flexibility index (Phi) is 3.36. The van der Waals surface area contributed by atoms with Gasteiger partial charge in [0.15, 0.2) is 0 Å². The lowest BCUT2D eigenvalue weighted by atomic mass is 9.93. The highest BCUT2D eigenvalue weighted by Crippen LogP contribution is 2.24. The van der Waals surface area contributed by atoms with Crippen molar-refractivity contribution in [2.24, 2.45) is 5.92 Å². The molecule has 1 atom stereocenters. The zero-order valence-corrected chi connectivity index (χ0v) is 9.63. The molecule has 0 radical (unpaired) electrons. The molecule has 2 heteroatoms. The van der Waals surface area contributed by atoms with Gasteiger partial charge in [-0.2, -0.15) is 0 Å². The number of hydrogen-bond acceptors (Lipinski definition) is 2. The van der Waals surface area contributed by atoms with Crippen molar-refractivity contribution in [3.05, 3.63) is 0 Å². The van der Waals surface area contributed by atoms with Crippen LogP contribution in [0.25, 0.3) is 0 Å². The summed E-state index contributed by atoms with van der Waals surface area (Å²) in [5.74, 6) is 0.761. The third-order valence-electron chi connectivity index (χ3n) is 2.61. The van der Waals surface area contributed by atoms with Gasteiger partial charge in [0.25, 0.3) is 0 Å². The molecule has 0 aromatic heterocycles. The molecule has 0 aliphatic carbocycles. The molecule has 1 heterocycles. The molecule has 1 saturated heterocycles. The minimum absolute atomic E-state index is 0.00286. The number of nitrogens with zero attached hydrogens (tertiary/aromatic N) is 1. The van der Waals surface area contributed by atoms with Gasteiger partial charge >= 0.3 is 0 Å². The van der Waals surface area contributed by atoms with Crippen molar-refractivity contribution in [3.8, 4) is 0 Å². The Hall–Kier alpha value is -0.0800. The Labute approximate surface area is 82.3 Å². The van der Waals surface area contributed by atoms with Crippen LogP contribution in [0.2, 0.25) is 0 Å². The molecule has 1 fully saturated rings. The number of rotatable bonds is 3. The van der Waals surface area contributed by atoms with Crippen LogP contribution in [-0.2, 0) is 4.74 Å². The van der Waals surface area contributed by atoms with Gasteiger partial charge in [-0.3, -0.25) is 4.90 Å². The standard InChI is InChI=1S/C11H23NO/c1-9(2)10-6-7-12(10)8-13-11(3,4)5/h9-10H,6-8H2,1-5H3/t10-/m1/s1. The highest BCUT2D eigenvalue weighted by molar-refractivity contribution is 4.83. The molecule has 0 spiro atoms. The van der Waals surface area contributed by atoms with E-state index in [1.165, 1.54) is 13.0 Å². The van der Waals surface area contributed by atoms with Crippen molar-refractivity contribution in [2.45, 2.75) is 52.7 Å². The van der Waals surface area contributed by atoms with Gasteiger partial charge in [-0.05, 0) is 33.1 Å². The molecule has 0 saturated carbocycles. The SMILES string of the molecule is CC(C)[C@H]1CCN1COC(C)(C)C. The smallest absolute Gasteiger partial charge is 0.0999 e. The van der Waals surface area contributed by atoms with E-state index in [1.54, 1.807) is 0 Å². The van der Waals surface area contributed by atoms with E-state index in [4.69, 9.17) is 4.74 Å². The van der Waals surface area contributed by atoms with Crippen LogP contribution >= 0.6 is 0 Å². The predicted molar refractivity (Wildman–Crippen MR) is 55.7 cm³/mol. The summed E-state index contributed by atoms with van der Waals surface area (Å²) in [5, 5.41) is 0. The van der Waals surface area contributed by atoms with E-state index in [0.29, 0.717) is 0 Å². The largest absolute Gasteiger partial charge is 0.360 e. The minimum atomic E-state index is -0.00286. The summed E-state index contributed by atoms with van der Waals surface area (Å²) >= 11 is 0. The molecule has 0 aromatic carbocycles. The van der Waals surface area contributed by atoms with Gasteiger partial charge in [-0.15, -0.1) is 0 Å². The van der Waals surface area contributed by atoms with Crippen molar-refractivity contribution < 1.29 is 4.74 Å². The van der Waals surface area contributed by atoms with Crippen LogP contribution in [0.4, 0.5) is 0 Å². The summed E-state index contributed by atoms with van der Waals surface area (Å²) in [6, 6.07) is 0.752. The fourth-order valence-electron chi connectivity index (χ4n) is 1.65. The highest BCUT2D eigenvalue weighted by atomic mass is 16.5. The van der Waals surface area contributed by atoms with Gasteiger partial charge in [0.05, 0.1) is 12.3 Å². The number of likely N-dealkylation sites (tertiary alicyclic amines) is 1. The summed E-state index contributed by atoms with van der Waals surface area (Å²) in [6.45, 7) is 12.9. The van der Waals surface area contributed by atoms with Crippen LogP contribution in [0, 0.1) is 5.92 Å².